The number of unbranched alkanes of at least 4 members (excludes halogenated alkanes) is 2. The molecule has 0 spiro atoms. The average molecular weight is 349 g/mol. The molecule has 0 aliphatic heterocycles. The molecule has 0 aromatic carbocycles. The van der Waals surface area contributed by atoms with Crippen LogP contribution in [0.2, 0.25) is 0 Å². The molecule has 19 heavy (non-hydrogen) atoms. The van der Waals surface area contributed by atoms with Crippen molar-refractivity contribution in [2.24, 2.45) is 0 Å². The molecule has 1 heterocycles. The Kier molecular flexibility index (Phi) is 11.6. The summed E-state index contributed by atoms with van der Waals surface area (Å²) in [5.74, 6) is -0.418. The van der Waals surface area contributed by atoms with Crippen LogP contribution in [0, 0.1) is 0 Å². The first-order valence-corrected chi connectivity index (χ1v) is 8.43. The average Bonchev–Trinajstić information content (AvgIpc) is 2.97. The third-order valence-corrected chi connectivity index (χ3v) is 3.53. The number of hydrazine groups is 1. The van der Waals surface area contributed by atoms with E-state index in [1.807, 2.05) is 19.2 Å². The van der Waals surface area contributed by atoms with Gasteiger partial charge in [-0.3, -0.25) is 20.4 Å². The van der Waals surface area contributed by atoms with Crippen molar-refractivity contribution < 1.29 is 9.59 Å². The van der Waals surface area contributed by atoms with Crippen molar-refractivity contribution in [3.05, 3.63) is 22.4 Å². The van der Waals surface area contributed by atoms with Crippen LogP contribution in [-0.4, -0.2) is 17.1 Å². The van der Waals surface area contributed by atoms with E-state index in [-0.39, 0.29) is 11.8 Å². The maximum Gasteiger partial charge on any atom is 0.279 e. The molecule has 1 aromatic heterocycles. The van der Waals surface area contributed by atoms with E-state index in [4.69, 9.17) is 0 Å². The molecular formula is C13H21BrN2O2S. The Morgan fingerprint density at radius 2 is 1.95 bits per heavy atom. The second kappa shape index (κ2) is 12.2. The van der Waals surface area contributed by atoms with Gasteiger partial charge in [0, 0.05) is 11.8 Å². The van der Waals surface area contributed by atoms with Crippen LogP contribution >= 0.6 is 27.3 Å². The molecule has 0 unspecified atom stereocenters. The van der Waals surface area contributed by atoms with Crippen LogP contribution in [0.15, 0.2) is 17.5 Å². The zero-order chi connectivity index (χ0) is 14.5. The van der Waals surface area contributed by atoms with E-state index >= 15 is 0 Å². The SMILES string of the molecule is CC.O=C(CCCCCBr)NNC(=O)c1cccs1. The highest BCUT2D eigenvalue weighted by Gasteiger charge is 2.07. The van der Waals surface area contributed by atoms with Gasteiger partial charge >= 0.3 is 0 Å². The highest BCUT2D eigenvalue weighted by atomic mass is 79.9. The minimum atomic E-state index is -0.270. The van der Waals surface area contributed by atoms with Gasteiger partial charge in [-0.2, -0.15) is 0 Å². The Hall–Kier alpha value is -0.880. The molecule has 1 aromatic rings. The summed E-state index contributed by atoms with van der Waals surface area (Å²) in [5, 5.41) is 2.78. The number of hydrogen-bond acceptors (Lipinski definition) is 3. The number of nitrogens with one attached hydrogen (secondary N) is 2. The molecule has 4 nitrogen and oxygen atoms in total. The topological polar surface area (TPSA) is 58.2 Å². The Balaban J connectivity index is 0.00000154. The predicted octanol–water partition coefficient (Wildman–Crippen LogP) is 3.49. The van der Waals surface area contributed by atoms with Crippen molar-refractivity contribution in [2.75, 3.05) is 5.33 Å². The second-order valence-corrected chi connectivity index (χ2v) is 5.22. The summed E-state index contributed by atoms with van der Waals surface area (Å²) in [6, 6.07) is 3.50. The van der Waals surface area contributed by atoms with E-state index in [0.29, 0.717) is 11.3 Å². The summed E-state index contributed by atoms with van der Waals surface area (Å²) in [6.07, 6.45) is 3.36. The second-order valence-electron chi connectivity index (χ2n) is 3.48. The summed E-state index contributed by atoms with van der Waals surface area (Å²) in [6.45, 7) is 4.00. The van der Waals surface area contributed by atoms with Crippen molar-refractivity contribution >= 4 is 39.1 Å². The molecule has 0 saturated carbocycles. The molecule has 0 fully saturated rings. The normalized spacial score (nSPS) is 9.21. The lowest BCUT2D eigenvalue weighted by molar-refractivity contribution is -0.121. The van der Waals surface area contributed by atoms with Crippen molar-refractivity contribution in [1.29, 1.82) is 0 Å². The molecule has 1 rings (SSSR count). The third kappa shape index (κ3) is 8.77. The fourth-order valence-corrected chi connectivity index (χ4v) is 2.23. The van der Waals surface area contributed by atoms with E-state index in [2.05, 4.69) is 26.8 Å². The quantitative estimate of drug-likeness (QED) is 0.469. The Morgan fingerprint density at radius 3 is 2.53 bits per heavy atom. The first-order chi connectivity index (χ1) is 9.24. The van der Waals surface area contributed by atoms with Crippen molar-refractivity contribution in [2.45, 2.75) is 39.5 Å². The van der Waals surface area contributed by atoms with E-state index in [1.54, 1.807) is 12.1 Å². The third-order valence-electron chi connectivity index (χ3n) is 2.10. The van der Waals surface area contributed by atoms with Gasteiger partial charge in [0.25, 0.3) is 5.91 Å². The zero-order valence-electron chi connectivity index (χ0n) is 11.4. The monoisotopic (exact) mass is 348 g/mol. The lowest BCUT2D eigenvalue weighted by atomic mass is 10.2. The van der Waals surface area contributed by atoms with Crippen LogP contribution in [0.1, 0.15) is 49.2 Å². The van der Waals surface area contributed by atoms with Crippen molar-refractivity contribution in [3.63, 3.8) is 0 Å². The summed E-state index contributed by atoms with van der Waals surface area (Å²) < 4.78 is 0. The molecule has 0 atom stereocenters. The minimum Gasteiger partial charge on any atom is -0.273 e. The van der Waals surface area contributed by atoms with Gasteiger partial charge in [0.2, 0.25) is 5.91 Å². The molecule has 6 heteroatoms. The van der Waals surface area contributed by atoms with E-state index < -0.39 is 0 Å². The number of rotatable bonds is 6. The zero-order valence-corrected chi connectivity index (χ0v) is 13.8. The standard InChI is InChI=1S/C11H15BrN2O2S.C2H6/c12-7-3-1-2-6-10(15)13-14-11(16)9-5-4-8-17-9;1-2/h4-5,8H,1-3,6-7H2,(H,13,15)(H,14,16);1-2H3. The highest BCUT2D eigenvalue weighted by Crippen LogP contribution is 2.07. The summed E-state index contributed by atoms with van der Waals surface area (Å²) in [7, 11) is 0. The number of amides is 2. The van der Waals surface area contributed by atoms with Gasteiger partial charge in [0.05, 0.1) is 4.88 Å². The molecule has 0 bridgehead atoms. The molecule has 0 saturated heterocycles. The number of hydrogen-bond donors (Lipinski definition) is 2. The molecule has 108 valence electrons. The first-order valence-electron chi connectivity index (χ1n) is 6.42. The Labute approximate surface area is 127 Å². The van der Waals surface area contributed by atoms with Crippen LogP contribution in [-0.2, 0) is 4.79 Å². The summed E-state index contributed by atoms with van der Waals surface area (Å²) in [5.41, 5.74) is 4.79. The van der Waals surface area contributed by atoms with Crippen LogP contribution in [0.5, 0.6) is 0 Å². The van der Waals surface area contributed by atoms with Crippen LogP contribution in [0.4, 0.5) is 0 Å². The lowest BCUT2D eigenvalue weighted by Gasteiger charge is -2.05. The van der Waals surface area contributed by atoms with Crippen LogP contribution < -0.4 is 10.9 Å². The van der Waals surface area contributed by atoms with Crippen LogP contribution in [0.3, 0.4) is 0 Å². The minimum absolute atomic E-state index is 0.149. The maximum atomic E-state index is 11.5. The Morgan fingerprint density at radius 1 is 1.21 bits per heavy atom. The predicted molar refractivity (Wildman–Crippen MR) is 83.5 cm³/mol. The number of carbonyl (C=O) groups excluding carboxylic acids is 2. The largest absolute Gasteiger partial charge is 0.279 e. The van der Waals surface area contributed by atoms with Gasteiger partial charge in [0.15, 0.2) is 0 Å². The molecule has 2 amide bonds. The molecule has 2 N–H and O–H groups in total. The van der Waals surface area contributed by atoms with Gasteiger partial charge in [-0.05, 0) is 24.3 Å². The van der Waals surface area contributed by atoms with Gasteiger partial charge in [-0.15, -0.1) is 11.3 Å². The van der Waals surface area contributed by atoms with Crippen molar-refractivity contribution in [1.82, 2.24) is 10.9 Å². The molecular weight excluding hydrogens is 328 g/mol. The Bertz CT molecular complexity index is 356. The van der Waals surface area contributed by atoms with E-state index in [0.717, 1.165) is 24.6 Å². The van der Waals surface area contributed by atoms with Gasteiger partial charge in [0.1, 0.15) is 0 Å². The molecule has 0 aliphatic rings. The molecule has 0 aliphatic carbocycles. The number of halogens is 1. The van der Waals surface area contributed by atoms with E-state index in [9.17, 15) is 9.59 Å². The number of carbonyl (C=O) groups is 2. The highest BCUT2D eigenvalue weighted by molar-refractivity contribution is 9.09. The smallest absolute Gasteiger partial charge is 0.273 e. The lowest BCUT2D eigenvalue weighted by Crippen LogP contribution is -2.41. The molecule has 0 radical (unpaired) electrons. The van der Waals surface area contributed by atoms with Crippen molar-refractivity contribution in [3.8, 4) is 0 Å². The van der Waals surface area contributed by atoms with Gasteiger partial charge in [-0.1, -0.05) is 42.3 Å². The summed E-state index contributed by atoms with van der Waals surface area (Å²) in [4.78, 5) is 23.4. The number of alkyl halides is 1. The fourth-order valence-electron chi connectivity index (χ4n) is 1.22. The fraction of sp³-hybridized carbons (Fsp3) is 0.538. The van der Waals surface area contributed by atoms with Gasteiger partial charge < -0.3 is 0 Å². The van der Waals surface area contributed by atoms with Crippen LogP contribution in [0.25, 0.3) is 0 Å². The number of thiophene rings is 1. The first kappa shape index (κ1) is 18.1. The van der Waals surface area contributed by atoms with E-state index in [1.165, 1.54) is 11.3 Å². The van der Waals surface area contributed by atoms with Gasteiger partial charge in [-0.25, -0.2) is 0 Å². The maximum absolute atomic E-state index is 11.5. The summed E-state index contributed by atoms with van der Waals surface area (Å²) >= 11 is 4.67.